The summed E-state index contributed by atoms with van der Waals surface area (Å²) in [5.41, 5.74) is 0. The van der Waals surface area contributed by atoms with Crippen LogP contribution in [0.15, 0.2) is 0 Å². The van der Waals surface area contributed by atoms with Crippen LogP contribution in [0.4, 0.5) is 0 Å². The fraction of sp³-hybridized carbons (Fsp3) is 0.778. The number of rotatable bonds is 9. The quantitative estimate of drug-likeness (QED) is 0.339. The van der Waals surface area contributed by atoms with Gasteiger partial charge in [0.05, 0.1) is 0 Å². The van der Waals surface area contributed by atoms with Crippen LogP contribution < -0.4 is 0 Å². The summed E-state index contributed by atoms with van der Waals surface area (Å²) < 4.78 is 13.6. The summed E-state index contributed by atoms with van der Waals surface area (Å²) in [6.07, 6.45) is 4.20. The second kappa shape index (κ2) is 23.8. The van der Waals surface area contributed by atoms with Crippen LogP contribution in [0.2, 0.25) is 0 Å². The highest BCUT2D eigenvalue weighted by Crippen LogP contribution is 1.96. The van der Waals surface area contributed by atoms with Crippen LogP contribution in [0.5, 0.6) is 0 Å². The van der Waals surface area contributed by atoms with Crippen molar-refractivity contribution in [2.45, 2.75) is 86.0 Å². The van der Waals surface area contributed by atoms with Crippen LogP contribution in [0.3, 0.4) is 0 Å². The molecule has 0 N–H and O–H groups in total. The van der Waals surface area contributed by atoms with Gasteiger partial charge in [0.15, 0.2) is 0 Å². The minimum absolute atomic E-state index is 0.329. The molecule has 0 aromatic heterocycles. The molecule has 0 unspecified atom stereocenters. The van der Waals surface area contributed by atoms with E-state index in [2.05, 4.69) is 13.3 Å². The molecule has 0 amide bonds. The standard InChI is InChI=1S/2C8H14O3.C2H5O.Al.2H/c2*1-3-5-7(9)11-8(10)6-4-2;1-2-3;;;/h2*3-6H2,1-2H3;2H2,1H3;;;/q;;-1;+1;;. The lowest BCUT2D eigenvalue weighted by molar-refractivity contribution is -0.161. The molecule has 0 aromatic rings. The Bertz CT molecular complexity index is 316. The van der Waals surface area contributed by atoms with E-state index < -0.39 is 23.9 Å². The fourth-order valence-electron chi connectivity index (χ4n) is 1.27. The first kappa shape index (κ1) is 29.5. The van der Waals surface area contributed by atoms with Crippen molar-refractivity contribution >= 4 is 40.5 Å². The van der Waals surface area contributed by atoms with Crippen LogP contribution in [-0.2, 0) is 32.4 Å². The Labute approximate surface area is 165 Å². The third-order valence-corrected chi connectivity index (χ3v) is 3.14. The van der Waals surface area contributed by atoms with Gasteiger partial charge in [0.25, 0.3) is 0 Å². The Kier molecular flexibility index (Phi) is 27.0. The Balaban J connectivity index is -0.000000338. The van der Waals surface area contributed by atoms with Gasteiger partial charge in [0.1, 0.15) is 0 Å². The molecular weight excluding hydrogens is 355 g/mol. The topological polar surface area (TPSA) is 96.0 Å². The van der Waals surface area contributed by atoms with Crippen molar-refractivity contribution in [2.24, 2.45) is 0 Å². The molecule has 0 aliphatic carbocycles. The van der Waals surface area contributed by atoms with Crippen LogP contribution in [0.25, 0.3) is 0 Å². The average molecular weight is 390 g/mol. The summed E-state index contributed by atoms with van der Waals surface area (Å²) in [6.45, 7) is 10.3. The van der Waals surface area contributed by atoms with Crippen LogP contribution in [-0.4, -0.2) is 47.1 Å². The molecule has 0 saturated heterocycles. The molecule has 0 bridgehead atoms. The lowest BCUT2D eigenvalue weighted by atomic mass is 10.3. The smallest absolute Gasteiger partial charge is 0.410 e. The van der Waals surface area contributed by atoms with Crippen LogP contribution in [0.1, 0.15) is 86.0 Å². The first-order valence-electron chi connectivity index (χ1n) is 9.28. The van der Waals surface area contributed by atoms with Gasteiger partial charge in [0.2, 0.25) is 0 Å². The zero-order valence-electron chi connectivity index (χ0n) is 17.2. The van der Waals surface area contributed by atoms with Crippen LogP contribution in [0, 0.1) is 0 Å². The van der Waals surface area contributed by atoms with Gasteiger partial charge in [-0.2, -0.15) is 0 Å². The van der Waals surface area contributed by atoms with E-state index in [1.54, 1.807) is 0 Å². The third-order valence-electron chi connectivity index (χ3n) is 2.56. The number of carbonyl (C=O) groups excluding carboxylic acids is 4. The van der Waals surface area contributed by atoms with Gasteiger partial charge in [-0.3, -0.25) is 19.2 Å². The second-order valence-corrected chi connectivity index (χ2v) is 5.85. The SMILES string of the molecule is CCCC(=O)OC(=O)CCC.CCCC(=O)OC(=O)CCC.CC[O][AlH2]. The monoisotopic (exact) mass is 390 g/mol. The normalized spacial score (nSPS) is 8.96. The van der Waals surface area contributed by atoms with E-state index in [1.165, 1.54) is 0 Å². The van der Waals surface area contributed by atoms with Crippen molar-refractivity contribution in [3.63, 3.8) is 0 Å². The molecule has 0 rings (SSSR count). The van der Waals surface area contributed by atoms with Crippen molar-refractivity contribution in [1.29, 1.82) is 0 Å². The van der Waals surface area contributed by atoms with E-state index in [0.717, 1.165) is 48.9 Å². The van der Waals surface area contributed by atoms with E-state index in [4.69, 9.17) is 0 Å². The highest BCUT2D eigenvalue weighted by molar-refractivity contribution is 5.97. The van der Waals surface area contributed by atoms with Gasteiger partial charge in [0, 0.05) is 32.3 Å². The Morgan fingerprint density at radius 3 is 0.885 bits per heavy atom. The average Bonchev–Trinajstić information content (AvgIpc) is 2.56. The zero-order chi connectivity index (χ0) is 20.8. The predicted molar refractivity (Wildman–Crippen MR) is 102 cm³/mol. The zero-order valence-corrected chi connectivity index (χ0v) is 19.2. The number of esters is 4. The van der Waals surface area contributed by atoms with E-state index in [-0.39, 0.29) is 0 Å². The highest BCUT2D eigenvalue weighted by atomic mass is 27.1. The molecule has 0 aromatic carbocycles. The molecule has 0 aliphatic rings. The summed E-state index contributed by atoms with van der Waals surface area (Å²) in [7, 11) is 0. The van der Waals surface area contributed by atoms with E-state index in [9.17, 15) is 19.2 Å². The van der Waals surface area contributed by atoms with Crippen molar-refractivity contribution < 1.29 is 32.4 Å². The number of hydrogen-bond donors (Lipinski definition) is 0. The number of carbonyl (C=O) groups is 4. The largest absolute Gasteiger partial charge is 0.506 e. The maximum absolute atomic E-state index is 10.7. The molecule has 152 valence electrons. The van der Waals surface area contributed by atoms with Crippen molar-refractivity contribution in [1.82, 2.24) is 0 Å². The van der Waals surface area contributed by atoms with Crippen molar-refractivity contribution in [3.05, 3.63) is 0 Å². The molecule has 0 heterocycles. The van der Waals surface area contributed by atoms with Gasteiger partial charge in [-0.05, 0) is 32.6 Å². The van der Waals surface area contributed by atoms with Gasteiger partial charge < -0.3 is 13.3 Å². The molecular formula is C18H35AlO7. The molecule has 0 saturated carbocycles. The van der Waals surface area contributed by atoms with Gasteiger partial charge in [-0.25, -0.2) is 0 Å². The summed E-state index contributed by atoms with van der Waals surface area (Å²) in [6, 6.07) is 0. The Morgan fingerprint density at radius 1 is 0.577 bits per heavy atom. The fourth-order valence-corrected chi connectivity index (χ4v) is 1.27. The van der Waals surface area contributed by atoms with Gasteiger partial charge in [-0.1, -0.05) is 27.7 Å². The Morgan fingerprint density at radius 2 is 0.769 bits per heavy atom. The molecule has 0 fully saturated rings. The second-order valence-electron chi connectivity index (χ2n) is 5.27. The maximum Gasteiger partial charge on any atom is 0.410 e. The summed E-state index contributed by atoms with van der Waals surface area (Å²) in [5, 5.41) is 0. The first-order chi connectivity index (χ1) is 12.3. The minimum atomic E-state index is -0.411. The lowest BCUT2D eigenvalue weighted by Gasteiger charge is -1.98. The third kappa shape index (κ3) is 27.6. The summed E-state index contributed by atoms with van der Waals surface area (Å²) in [4.78, 5) is 42.7. The number of hydrogen-bond acceptors (Lipinski definition) is 7. The molecule has 26 heavy (non-hydrogen) atoms. The molecule has 0 atom stereocenters. The van der Waals surface area contributed by atoms with E-state index in [0.29, 0.717) is 25.7 Å². The van der Waals surface area contributed by atoms with E-state index >= 15 is 0 Å². The maximum atomic E-state index is 10.7. The lowest BCUT2D eigenvalue weighted by Crippen LogP contribution is -2.10. The molecule has 0 radical (unpaired) electrons. The van der Waals surface area contributed by atoms with Crippen molar-refractivity contribution in [3.8, 4) is 0 Å². The highest BCUT2D eigenvalue weighted by Gasteiger charge is 2.07. The van der Waals surface area contributed by atoms with Crippen LogP contribution >= 0.6 is 0 Å². The van der Waals surface area contributed by atoms with E-state index in [1.807, 2.05) is 34.6 Å². The molecule has 8 heteroatoms. The van der Waals surface area contributed by atoms with Gasteiger partial charge in [-0.15, -0.1) is 0 Å². The molecule has 0 spiro atoms. The molecule has 0 aliphatic heterocycles. The first-order valence-corrected chi connectivity index (χ1v) is 10.1. The summed E-state index contributed by atoms with van der Waals surface area (Å²) >= 11 is 0.890. The summed E-state index contributed by atoms with van der Waals surface area (Å²) in [5.74, 6) is -1.64. The number of ether oxygens (including phenoxy) is 2. The molecule has 7 nitrogen and oxygen atoms in total. The minimum Gasteiger partial charge on any atom is -0.506 e. The van der Waals surface area contributed by atoms with Gasteiger partial charge >= 0.3 is 40.5 Å². The Hall–Kier alpha value is -1.23. The predicted octanol–water partition coefficient (Wildman–Crippen LogP) is 2.88. The van der Waals surface area contributed by atoms with Crippen molar-refractivity contribution in [2.75, 3.05) is 6.61 Å².